The molecular formula is C18H20N4O4. The quantitative estimate of drug-likeness (QED) is 0.203. The molecule has 2 atom stereocenters. The van der Waals surface area contributed by atoms with E-state index in [1.165, 1.54) is 4.90 Å². The van der Waals surface area contributed by atoms with Gasteiger partial charge in [-0.25, -0.2) is 4.79 Å². The number of hydrogen-bond donors (Lipinski definition) is 1. The number of aromatic nitrogens is 1. The second kappa shape index (κ2) is 7.90. The van der Waals surface area contributed by atoms with Crippen molar-refractivity contribution in [3.8, 4) is 0 Å². The third-order valence-electron chi connectivity index (χ3n) is 4.58. The zero-order chi connectivity index (χ0) is 18.5. The topological polar surface area (TPSA) is 115 Å². The molecule has 2 amide bonds. The Bertz CT molecular complexity index is 734. The van der Waals surface area contributed by atoms with Crippen molar-refractivity contribution in [3.63, 3.8) is 0 Å². The molecule has 1 aliphatic carbocycles. The Balaban J connectivity index is 1.45. The number of rotatable bonds is 6. The molecule has 136 valence electrons. The van der Waals surface area contributed by atoms with Crippen LogP contribution >= 0.6 is 0 Å². The zero-order valence-electron chi connectivity index (χ0n) is 14.2. The van der Waals surface area contributed by atoms with Crippen LogP contribution < -0.4 is 5.73 Å². The third-order valence-corrected chi connectivity index (χ3v) is 4.58. The number of amides is 2. The van der Waals surface area contributed by atoms with Crippen LogP contribution in [0.2, 0.25) is 0 Å². The molecule has 0 radical (unpaired) electrons. The number of nitrogens with zero attached hydrogens (tertiary/aromatic N) is 3. The van der Waals surface area contributed by atoms with Gasteiger partial charge in [0, 0.05) is 30.9 Å². The van der Waals surface area contributed by atoms with Crippen LogP contribution in [0.4, 0.5) is 0 Å². The van der Waals surface area contributed by atoms with Gasteiger partial charge in [0.1, 0.15) is 0 Å². The summed E-state index contributed by atoms with van der Waals surface area (Å²) in [5.74, 6) is -1.27. The minimum atomic E-state index is -0.569. The van der Waals surface area contributed by atoms with Gasteiger partial charge in [-0.1, -0.05) is 17.3 Å². The first-order valence-electron chi connectivity index (χ1n) is 8.52. The highest BCUT2D eigenvalue weighted by molar-refractivity contribution is 6.05. The smallest absolute Gasteiger partial charge is 0.335 e. The molecule has 0 saturated carbocycles. The molecule has 8 nitrogen and oxygen atoms in total. The second-order valence-corrected chi connectivity index (χ2v) is 6.26. The van der Waals surface area contributed by atoms with Gasteiger partial charge < -0.3 is 10.6 Å². The summed E-state index contributed by atoms with van der Waals surface area (Å²) < 4.78 is 0. The number of carbonyl (C=O) groups is 3. The fourth-order valence-corrected chi connectivity index (χ4v) is 3.19. The number of fused-ring (bicyclic) bond motifs is 1. The van der Waals surface area contributed by atoms with Crippen LogP contribution in [0, 0.1) is 11.8 Å². The molecule has 1 aliphatic heterocycles. The average Bonchev–Trinajstić information content (AvgIpc) is 2.92. The number of imide groups is 1. The number of likely N-dealkylation sites (tertiary alicyclic amines) is 1. The summed E-state index contributed by atoms with van der Waals surface area (Å²) in [6.07, 6.45) is 8.57. The maximum absolute atomic E-state index is 12.3. The van der Waals surface area contributed by atoms with E-state index in [1.807, 2.05) is 12.2 Å². The third kappa shape index (κ3) is 3.79. The Morgan fingerprint density at radius 3 is 2.42 bits per heavy atom. The van der Waals surface area contributed by atoms with E-state index < -0.39 is 5.97 Å². The molecule has 26 heavy (non-hydrogen) atoms. The van der Waals surface area contributed by atoms with E-state index >= 15 is 0 Å². The van der Waals surface area contributed by atoms with Gasteiger partial charge in [0.25, 0.3) is 0 Å². The van der Waals surface area contributed by atoms with E-state index in [0.29, 0.717) is 24.8 Å². The first-order valence-corrected chi connectivity index (χ1v) is 8.52. The van der Waals surface area contributed by atoms with Gasteiger partial charge >= 0.3 is 5.97 Å². The normalized spacial score (nSPS) is 22.5. The lowest BCUT2D eigenvalue weighted by atomic mass is 9.85. The molecule has 1 saturated heterocycles. The summed E-state index contributed by atoms with van der Waals surface area (Å²) in [7, 11) is 0. The molecular weight excluding hydrogens is 336 g/mol. The largest absolute Gasteiger partial charge is 0.380 e. The summed E-state index contributed by atoms with van der Waals surface area (Å²) in [6, 6.07) is 3.29. The van der Waals surface area contributed by atoms with Crippen molar-refractivity contribution in [1.29, 1.82) is 0 Å². The molecule has 0 unspecified atom stereocenters. The Morgan fingerprint density at radius 1 is 1.19 bits per heavy atom. The number of pyridine rings is 1. The van der Waals surface area contributed by atoms with Crippen LogP contribution in [0.25, 0.3) is 0 Å². The molecule has 0 bridgehead atoms. The molecule has 0 aromatic carbocycles. The molecule has 1 fully saturated rings. The van der Waals surface area contributed by atoms with Crippen molar-refractivity contribution in [1.82, 2.24) is 9.88 Å². The number of nitrogens with two attached hydrogens (primary N) is 1. The van der Waals surface area contributed by atoms with Crippen LogP contribution in [0.5, 0.6) is 0 Å². The maximum Gasteiger partial charge on any atom is 0.335 e. The van der Waals surface area contributed by atoms with Gasteiger partial charge in [0.15, 0.2) is 5.84 Å². The average molecular weight is 356 g/mol. The standard InChI is InChI=1S/C18H20N4O4/c19-16(12-7-9-20-10-8-12)21-26-15(23)6-3-11-22-17(24)13-4-1-2-5-14(13)18(22)25/h1-2,7-10,13-14H,3-6,11H2,(H2,19,21)/t13-,14-/m0/s1. The Labute approximate surface area is 150 Å². The van der Waals surface area contributed by atoms with Crippen LogP contribution in [-0.2, 0) is 19.2 Å². The molecule has 2 heterocycles. The van der Waals surface area contributed by atoms with Gasteiger partial charge in [-0.3, -0.25) is 19.5 Å². The van der Waals surface area contributed by atoms with E-state index in [4.69, 9.17) is 10.6 Å². The predicted octanol–water partition coefficient (Wildman–Crippen LogP) is 0.976. The Kier molecular flexibility index (Phi) is 5.40. The first-order chi connectivity index (χ1) is 12.6. The molecule has 8 heteroatoms. The summed E-state index contributed by atoms with van der Waals surface area (Å²) in [5.41, 5.74) is 6.31. The molecule has 1 aromatic heterocycles. The van der Waals surface area contributed by atoms with Gasteiger partial charge in [-0.15, -0.1) is 0 Å². The van der Waals surface area contributed by atoms with Crippen molar-refractivity contribution in [2.24, 2.45) is 22.7 Å². The van der Waals surface area contributed by atoms with E-state index in [1.54, 1.807) is 24.5 Å². The van der Waals surface area contributed by atoms with Gasteiger partial charge in [0.05, 0.1) is 11.8 Å². The molecule has 2 N–H and O–H groups in total. The lowest BCUT2D eigenvalue weighted by molar-refractivity contribution is -0.145. The maximum atomic E-state index is 12.3. The van der Waals surface area contributed by atoms with Gasteiger partial charge in [-0.05, 0) is 31.4 Å². The number of allylic oxidation sites excluding steroid dienone is 2. The van der Waals surface area contributed by atoms with Crippen LogP contribution in [0.1, 0.15) is 31.2 Å². The van der Waals surface area contributed by atoms with Crippen molar-refractivity contribution in [2.45, 2.75) is 25.7 Å². The first kappa shape index (κ1) is 17.8. The summed E-state index contributed by atoms with van der Waals surface area (Å²) in [5, 5.41) is 3.59. The van der Waals surface area contributed by atoms with Crippen molar-refractivity contribution in [3.05, 3.63) is 42.2 Å². The molecule has 2 aliphatic rings. The number of carbonyl (C=O) groups excluding carboxylic acids is 3. The minimum Gasteiger partial charge on any atom is -0.380 e. The predicted molar refractivity (Wildman–Crippen MR) is 92.4 cm³/mol. The summed E-state index contributed by atoms with van der Waals surface area (Å²) >= 11 is 0. The number of amidine groups is 1. The minimum absolute atomic E-state index is 0.0395. The SMILES string of the molecule is N/C(=N\OC(=O)CCCN1C(=O)[C@H]2CC=CC[C@@H]2C1=O)c1ccncc1. The van der Waals surface area contributed by atoms with E-state index in [-0.39, 0.29) is 42.5 Å². The van der Waals surface area contributed by atoms with Crippen molar-refractivity contribution >= 4 is 23.6 Å². The monoisotopic (exact) mass is 356 g/mol. The van der Waals surface area contributed by atoms with Gasteiger partial charge in [-0.2, -0.15) is 0 Å². The lowest BCUT2D eigenvalue weighted by Crippen LogP contribution is -2.32. The lowest BCUT2D eigenvalue weighted by Gasteiger charge is -2.14. The number of hydrogen-bond acceptors (Lipinski definition) is 6. The Hall–Kier alpha value is -3.03. The van der Waals surface area contributed by atoms with Crippen molar-refractivity contribution < 1.29 is 19.2 Å². The van der Waals surface area contributed by atoms with Crippen LogP contribution in [0.15, 0.2) is 41.8 Å². The van der Waals surface area contributed by atoms with Crippen molar-refractivity contribution in [2.75, 3.05) is 6.54 Å². The Morgan fingerprint density at radius 2 is 1.81 bits per heavy atom. The van der Waals surface area contributed by atoms with Crippen LogP contribution in [0.3, 0.4) is 0 Å². The van der Waals surface area contributed by atoms with E-state index in [2.05, 4.69) is 10.1 Å². The highest BCUT2D eigenvalue weighted by atomic mass is 16.7. The molecule has 1 aromatic rings. The van der Waals surface area contributed by atoms with Gasteiger partial charge in [0.2, 0.25) is 11.8 Å². The van der Waals surface area contributed by atoms with E-state index in [9.17, 15) is 14.4 Å². The highest BCUT2D eigenvalue weighted by Crippen LogP contribution is 2.35. The summed E-state index contributed by atoms with van der Waals surface area (Å²) in [4.78, 5) is 46.3. The fourth-order valence-electron chi connectivity index (χ4n) is 3.19. The number of oxime groups is 1. The molecule has 3 rings (SSSR count). The fraction of sp³-hybridized carbons (Fsp3) is 0.389. The second-order valence-electron chi connectivity index (χ2n) is 6.26. The zero-order valence-corrected chi connectivity index (χ0v) is 14.2. The highest BCUT2D eigenvalue weighted by Gasteiger charge is 2.46. The van der Waals surface area contributed by atoms with E-state index in [0.717, 1.165) is 0 Å². The van der Waals surface area contributed by atoms with Crippen LogP contribution in [-0.4, -0.2) is 40.0 Å². The summed E-state index contributed by atoms with van der Waals surface area (Å²) in [6.45, 7) is 0.212. The molecule has 0 spiro atoms.